The molecular weight excluding hydrogens is 306 g/mol. The van der Waals surface area contributed by atoms with Gasteiger partial charge in [0.1, 0.15) is 5.15 Å². The van der Waals surface area contributed by atoms with Crippen molar-refractivity contribution < 1.29 is 4.79 Å². The van der Waals surface area contributed by atoms with Gasteiger partial charge in [-0.15, -0.1) is 11.3 Å². The monoisotopic (exact) mass is 317 g/mol. The number of hydrogen-bond acceptors (Lipinski definition) is 4. The van der Waals surface area contributed by atoms with E-state index >= 15 is 0 Å². The lowest BCUT2D eigenvalue weighted by molar-refractivity contribution is 0.0952. The fraction of sp³-hybridized carbons (Fsp3) is 0.133. The van der Waals surface area contributed by atoms with Crippen LogP contribution in [-0.4, -0.2) is 15.9 Å². The third-order valence-electron chi connectivity index (χ3n) is 3.25. The summed E-state index contributed by atoms with van der Waals surface area (Å²) in [6.07, 6.45) is 1.51. The summed E-state index contributed by atoms with van der Waals surface area (Å²) in [5.74, 6) is -0.164. The van der Waals surface area contributed by atoms with Crippen LogP contribution in [0.3, 0.4) is 0 Å². The topological polar surface area (TPSA) is 54.9 Å². The summed E-state index contributed by atoms with van der Waals surface area (Å²) in [6, 6.07) is 7.48. The van der Waals surface area contributed by atoms with E-state index < -0.39 is 0 Å². The Morgan fingerprint density at radius 3 is 2.76 bits per heavy atom. The van der Waals surface area contributed by atoms with Gasteiger partial charge < -0.3 is 5.32 Å². The molecule has 0 unspecified atom stereocenters. The van der Waals surface area contributed by atoms with Crippen LogP contribution in [0.4, 0.5) is 0 Å². The summed E-state index contributed by atoms with van der Waals surface area (Å²) in [7, 11) is 0. The molecule has 0 atom stereocenters. The van der Waals surface area contributed by atoms with Crippen LogP contribution in [0.15, 0.2) is 36.0 Å². The first-order valence-electron chi connectivity index (χ1n) is 6.37. The van der Waals surface area contributed by atoms with Crippen molar-refractivity contribution in [2.24, 2.45) is 0 Å². The first kappa shape index (κ1) is 14.0. The summed E-state index contributed by atoms with van der Waals surface area (Å²) in [6.45, 7) is 2.39. The fourth-order valence-electron chi connectivity index (χ4n) is 2.09. The lowest BCUT2D eigenvalue weighted by Gasteiger charge is -2.08. The lowest BCUT2D eigenvalue weighted by atomic mass is 10.1. The second-order valence-corrected chi connectivity index (χ2v) is 5.85. The quantitative estimate of drug-likeness (QED) is 0.751. The molecule has 0 aliphatic rings. The van der Waals surface area contributed by atoms with Crippen LogP contribution in [0.25, 0.3) is 10.8 Å². The minimum Gasteiger partial charge on any atom is -0.347 e. The predicted molar refractivity (Wildman–Crippen MR) is 84.8 cm³/mol. The van der Waals surface area contributed by atoms with E-state index in [0.29, 0.717) is 17.3 Å². The highest BCUT2D eigenvalue weighted by Gasteiger charge is 2.13. The second-order valence-electron chi connectivity index (χ2n) is 4.55. The smallest absolute Gasteiger partial charge is 0.253 e. The molecule has 0 aliphatic carbocycles. The van der Waals surface area contributed by atoms with E-state index in [1.165, 1.54) is 17.5 Å². The average Bonchev–Trinajstić information content (AvgIpc) is 2.91. The van der Waals surface area contributed by atoms with Gasteiger partial charge in [-0.2, -0.15) is 0 Å². The number of amides is 1. The number of benzene rings is 1. The third kappa shape index (κ3) is 2.75. The van der Waals surface area contributed by atoms with Crippen LogP contribution in [0.1, 0.15) is 20.9 Å². The molecule has 0 aliphatic heterocycles. The zero-order chi connectivity index (χ0) is 14.8. The first-order chi connectivity index (χ1) is 10.2. The van der Waals surface area contributed by atoms with Gasteiger partial charge in [0, 0.05) is 16.5 Å². The minimum atomic E-state index is -0.164. The normalized spacial score (nSPS) is 10.8. The van der Waals surface area contributed by atoms with E-state index in [9.17, 15) is 4.79 Å². The summed E-state index contributed by atoms with van der Waals surface area (Å²) < 4.78 is 0. The van der Waals surface area contributed by atoms with Crippen molar-refractivity contribution >= 4 is 39.6 Å². The van der Waals surface area contributed by atoms with Crippen molar-refractivity contribution in [2.75, 3.05) is 0 Å². The van der Waals surface area contributed by atoms with E-state index in [0.717, 1.165) is 21.3 Å². The van der Waals surface area contributed by atoms with E-state index in [1.807, 2.05) is 31.2 Å². The molecule has 0 spiro atoms. The van der Waals surface area contributed by atoms with Gasteiger partial charge in [0.2, 0.25) is 0 Å². The number of hydrogen-bond donors (Lipinski definition) is 1. The van der Waals surface area contributed by atoms with Crippen LogP contribution in [0.2, 0.25) is 5.15 Å². The third-order valence-corrected chi connectivity index (χ3v) is 4.48. The van der Waals surface area contributed by atoms with E-state index in [1.54, 1.807) is 5.51 Å². The molecule has 4 nitrogen and oxygen atoms in total. The fourth-order valence-corrected chi connectivity index (χ4v) is 3.02. The van der Waals surface area contributed by atoms with E-state index in [2.05, 4.69) is 15.3 Å². The van der Waals surface area contributed by atoms with Crippen molar-refractivity contribution in [2.45, 2.75) is 13.5 Å². The minimum absolute atomic E-state index is 0.164. The molecule has 3 aromatic rings. The van der Waals surface area contributed by atoms with Gasteiger partial charge in [0.25, 0.3) is 5.91 Å². The SMILES string of the molecule is Cc1ncsc1CNC(=O)c1cnc(Cl)c2ccccc12. The van der Waals surface area contributed by atoms with Crippen molar-refractivity contribution in [3.05, 3.63) is 57.3 Å². The van der Waals surface area contributed by atoms with Gasteiger partial charge in [-0.3, -0.25) is 4.79 Å². The molecule has 0 saturated carbocycles. The Morgan fingerprint density at radius 2 is 2.05 bits per heavy atom. The number of carbonyl (C=O) groups excluding carboxylic acids is 1. The summed E-state index contributed by atoms with van der Waals surface area (Å²) in [4.78, 5) is 21.7. The number of rotatable bonds is 3. The van der Waals surface area contributed by atoms with Crippen LogP contribution in [0.5, 0.6) is 0 Å². The van der Waals surface area contributed by atoms with Crippen LogP contribution < -0.4 is 5.32 Å². The average molecular weight is 318 g/mol. The molecule has 2 aromatic heterocycles. The summed E-state index contributed by atoms with van der Waals surface area (Å²) >= 11 is 7.59. The number of nitrogens with one attached hydrogen (secondary N) is 1. The standard InChI is InChI=1S/C15H12ClN3OS/c1-9-13(21-8-19-9)7-18-15(20)12-6-17-14(16)11-5-3-2-4-10(11)12/h2-6,8H,7H2,1H3,(H,18,20). The molecule has 0 bridgehead atoms. The highest BCUT2D eigenvalue weighted by atomic mass is 35.5. The molecule has 6 heteroatoms. The Morgan fingerprint density at radius 1 is 1.29 bits per heavy atom. The molecule has 1 N–H and O–H groups in total. The summed E-state index contributed by atoms with van der Waals surface area (Å²) in [5, 5.41) is 4.89. The lowest BCUT2D eigenvalue weighted by Crippen LogP contribution is -2.23. The Balaban J connectivity index is 1.88. The Kier molecular flexibility index (Phi) is 3.86. The maximum absolute atomic E-state index is 12.4. The van der Waals surface area contributed by atoms with Gasteiger partial charge in [0.05, 0.1) is 23.3 Å². The first-order valence-corrected chi connectivity index (χ1v) is 7.63. The molecule has 0 fully saturated rings. The number of nitrogens with zero attached hydrogens (tertiary/aromatic N) is 2. The number of thiazole rings is 1. The van der Waals surface area contributed by atoms with Crippen molar-refractivity contribution in [1.82, 2.24) is 15.3 Å². The molecule has 0 radical (unpaired) electrons. The zero-order valence-corrected chi connectivity index (χ0v) is 12.8. The Bertz CT molecular complexity index is 816. The zero-order valence-electron chi connectivity index (χ0n) is 11.3. The van der Waals surface area contributed by atoms with E-state index in [-0.39, 0.29) is 5.91 Å². The molecule has 1 aromatic carbocycles. The van der Waals surface area contributed by atoms with Gasteiger partial charge >= 0.3 is 0 Å². The summed E-state index contributed by atoms with van der Waals surface area (Å²) in [5.41, 5.74) is 3.24. The van der Waals surface area contributed by atoms with Crippen LogP contribution in [-0.2, 0) is 6.54 Å². The largest absolute Gasteiger partial charge is 0.347 e. The van der Waals surface area contributed by atoms with Crippen molar-refractivity contribution in [3.8, 4) is 0 Å². The number of pyridine rings is 1. The maximum Gasteiger partial charge on any atom is 0.253 e. The second kappa shape index (κ2) is 5.79. The molecule has 106 valence electrons. The van der Waals surface area contributed by atoms with Gasteiger partial charge in [0.15, 0.2) is 0 Å². The number of halogens is 1. The molecule has 1 amide bonds. The Labute approximate surface area is 130 Å². The van der Waals surface area contributed by atoms with Gasteiger partial charge in [-0.1, -0.05) is 35.9 Å². The maximum atomic E-state index is 12.4. The van der Waals surface area contributed by atoms with Crippen molar-refractivity contribution in [3.63, 3.8) is 0 Å². The molecular formula is C15H12ClN3OS. The Hall–Kier alpha value is -1.98. The van der Waals surface area contributed by atoms with Gasteiger partial charge in [-0.25, -0.2) is 9.97 Å². The highest BCUT2D eigenvalue weighted by Crippen LogP contribution is 2.24. The number of carbonyl (C=O) groups is 1. The highest BCUT2D eigenvalue weighted by molar-refractivity contribution is 7.09. The van der Waals surface area contributed by atoms with Crippen LogP contribution in [0, 0.1) is 6.92 Å². The van der Waals surface area contributed by atoms with Gasteiger partial charge in [-0.05, 0) is 12.3 Å². The number of aromatic nitrogens is 2. The molecule has 3 rings (SSSR count). The van der Waals surface area contributed by atoms with E-state index in [4.69, 9.17) is 11.6 Å². The molecule has 2 heterocycles. The predicted octanol–water partition coefficient (Wildman–Crippen LogP) is 3.58. The molecule has 21 heavy (non-hydrogen) atoms. The molecule has 0 saturated heterocycles. The number of aryl methyl sites for hydroxylation is 1. The van der Waals surface area contributed by atoms with Crippen LogP contribution >= 0.6 is 22.9 Å². The van der Waals surface area contributed by atoms with Crippen molar-refractivity contribution in [1.29, 1.82) is 0 Å². The number of fused-ring (bicyclic) bond motifs is 1.